The van der Waals surface area contributed by atoms with Crippen LogP contribution in [0.15, 0.2) is 23.7 Å². The fourth-order valence-corrected chi connectivity index (χ4v) is 5.31. The van der Waals surface area contributed by atoms with Gasteiger partial charge in [0, 0.05) is 17.6 Å². The Kier molecular flexibility index (Phi) is 5.94. The summed E-state index contributed by atoms with van der Waals surface area (Å²) in [6.45, 7) is 3.59. The van der Waals surface area contributed by atoms with E-state index in [1.165, 1.54) is 0 Å². The number of fused-ring (bicyclic) bond motifs is 1. The Hall–Kier alpha value is -1.51. The first kappa shape index (κ1) is 19.3. The molecule has 1 aromatic heterocycles. The first-order valence-electron chi connectivity index (χ1n) is 9.04. The van der Waals surface area contributed by atoms with E-state index in [2.05, 4.69) is 15.0 Å². The molecule has 1 atom stereocenters. The highest BCUT2D eigenvalue weighted by atomic mass is 32.2. The van der Waals surface area contributed by atoms with Gasteiger partial charge < -0.3 is 5.32 Å². The maximum absolute atomic E-state index is 12.5. The fourth-order valence-electron chi connectivity index (χ4n) is 3.22. The molecule has 0 aliphatic heterocycles. The van der Waals surface area contributed by atoms with Crippen molar-refractivity contribution >= 4 is 43.2 Å². The van der Waals surface area contributed by atoms with Crippen LogP contribution >= 0.6 is 11.3 Å². The molecule has 2 N–H and O–H groups in total. The van der Waals surface area contributed by atoms with Gasteiger partial charge in [-0.25, -0.2) is 18.1 Å². The van der Waals surface area contributed by atoms with E-state index in [1.807, 2.05) is 25.1 Å². The standard InChI is InChI=1S/C18H25N3O3S2/c1-3-12(2)26(23,24)21-14-6-4-13(5-7-14)18(22)20-15-8-9-16-17(10-15)25-11-19-16/h8-14,21H,3-7H2,1-2H3,(H,20,22)/t12?,13-,14-. The number of sulfonamides is 1. The normalized spacial score (nSPS) is 22.2. The van der Waals surface area contributed by atoms with Crippen molar-refractivity contribution in [2.75, 3.05) is 5.32 Å². The highest BCUT2D eigenvalue weighted by Crippen LogP contribution is 2.27. The summed E-state index contributed by atoms with van der Waals surface area (Å²) in [5, 5.41) is 2.60. The quantitative estimate of drug-likeness (QED) is 0.783. The van der Waals surface area contributed by atoms with Crippen molar-refractivity contribution in [3.05, 3.63) is 23.7 Å². The molecule has 6 nitrogen and oxygen atoms in total. The summed E-state index contributed by atoms with van der Waals surface area (Å²) in [7, 11) is -3.27. The molecule has 8 heteroatoms. The Morgan fingerprint density at radius 2 is 2.04 bits per heavy atom. The molecule has 142 valence electrons. The predicted octanol–water partition coefficient (Wildman–Crippen LogP) is 3.51. The monoisotopic (exact) mass is 395 g/mol. The number of carbonyl (C=O) groups is 1. The Morgan fingerprint density at radius 3 is 2.73 bits per heavy atom. The van der Waals surface area contributed by atoms with Gasteiger partial charge in [-0.1, -0.05) is 6.92 Å². The molecule has 3 rings (SSSR count). The molecule has 0 saturated heterocycles. The van der Waals surface area contributed by atoms with E-state index in [0.29, 0.717) is 32.1 Å². The SMILES string of the molecule is CCC(C)S(=O)(=O)N[C@H]1CC[C@H](C(=O)Nc2ccc3ncsc3c2)CC1. The summed E-state index contributed by atoms with van der Waals surface area (Å²) in [5.41, 5.74) is 3.51. The van der Waals surface area contributed by atoms with Crippen LogP contribution in [0.3, 0.4) is 0 Å². The number of aromatic nitrogens is 1. The van der Waals surface area contributed by atoms with Crippen LogP contribution in [0.4, 0.5) is 5.69 Å². The zero-order chi connectivity index (χ0) is 18.7. The van der Waals surface area contributed by atoms with Crippen LogP contribution in [-0.4, -0.2) is 30.6 Å². The lowest BCUT2D eigenvalue weighted by Gasteiger charge is -2.29. The third kappa shape index (κ3) is 4.42. The van der Waals surface area contributed by atoms with Crippen molar-refractivity contribution in [3.63, 3.8) is 0 Å². The predicted molar refractivity (Wildman–Crippen MR) is 106 cm³/mol. The number of anilines is 1. The molecule has 0 radical (unpaired) electrons. The topological polar surface area (TPSA) is 88.2 Å². The van der Waals surface area contributed by atoms with E-state index in [1.54, 1.807) is 23.8 Å². The summed E-state index contributed by atoms with van der Waals surface area (Å²) >= 11 is 1.55. The van der Waals surface area contributed by atoms with Gasteiger partial charge in [0.05, 0.1) is 21.0 Å². The molecule has 1 fully saturated rings. The van der Waals surface area contributed by atoms with Gasteiger partial charge in [-0.15, -0.1) is 11.3 Å². The van der Waals surface area contributed by atoms with Crippen molar-refractivity contribution in [1.29, 1.82) is 0 Å². The largest absolute Gasteiger partial charge is 0.326 e. The molecule has 1 aliphatic carbocycles. The Bertz CT molecular complexity index is 871. The van der Waals surface area contributed by atoms with E-state index >= 15 is 0 Å². The van der Waals surface area contributed by atoms with E-state index in [9.17, 15) is 13.2 Å². The minimum absolute atomic E-state index is 0.0112. The van der Waals surface area contributed by atoms with Gasteiger partial charge in [-0.2, -0.15) is 0 Å². The molecular formula is C18H25N3O3S2. The highest BCUT2D eigenvalue weighted by molar-refractivity contribution is 7.90. The second kappa shape index (κ2) is 8.02. The summed E-state index contributed by atoms with van der Waals surface area (Å²) in [5.74, 6) is -0.0615. The van der Waals surface area contributed by atoms with Crippen molar-refractivity contribution < 1.29 is 13.2 Å². The Balaban J connectivity index is 1.53. The molecule has 1 aromatic carbocycles. The van der Waals surface area contributed by atoms with Crippen LogP contribution in [0.5, 0.6) is 0 Å². The molecule has 26 heavy (non-hydrogen) atoms. The number of rotatable bonds is 6. The second-order valence-corrected chi connectivity index (χ2v) is 9.97. The number of benzene rings is 1. The minimum Gasteiger partial charge on any atom is -0.326 e. The average Bonchev–Trinajstić information content (AvgIpc) is 3.09. The molecule has 1 saturated carbocycles. The van der Waals surface area contributed by atoms with Crippen molar-refractivity contribution in [2.24, 2.45) is 5.92 Å². The fraction of sp³-hybridized carbons (Fsp3) is 0.556. The number of carbonyl (C=O) groups excluding carboxylic acids is 1. The van der Waals surface area contributed by atoms with Gasteiger partial charge in [-0.3, -0.25) is 4.79 Å². The highest BCUT2D eigenvalue weighted by Gasteiger charge is 2.30. The maximum atomic E-state index is 12.5. The van der Waals surface area contributed by atoms with Crippen molar-refractivity contribution in [1.82, 2.24) is 9.71 Å². The number of hydrogen-bond donors (Lipinski definition) is 2. The van der Waals surface area contributed by atoms with Crippen LogP contribution < -0.4 is 10.0 Å². The third-order valence-corrected chi connectivity index (χ3v) is 7.98. The molecule has 1 aliphatic rings. The zero-order valence-electron chi connectivity index (χ0n) is 15.1. The van der Waals surface area contributed by atoms with E-state index < -0.39 is 10.0 Å². The van der Waals surface area contributed by atoms with E-state index in [4.69, 9.17) is 0 Å². The van der Waals surface area contributed by atoms with Gasteiger partial charge in [0.15, 0.2) is 0 Å². The minimum atomic E-state index is -3.27. The van der Waals surface area contributed by atoms with E-state index in [0.717, 1.165) is 15.9 Å². The van der Waals surface area contributed by atoms with Crippen LogP contribution in [0.25, 0.3) is 10.2 Å². The average molecular weight is 396 g/mol. The first-order valence-corrected chi connectivity index (χ1v) is 11.5. The summed E-state index contributed by atoms with van der Waals surface area (Å²) in [6.07, 6.45) is 3.38. The number of nitrogens with zero attached hydrogens (tertiary/aromatic N) is 1. The van der Waals surface area contributed by atoms with Gasteiger partial charge >= 0.3 is 0 Å². The first-order chi connectivity index (χ1) is 12.4. The molecule has 2 aromatic rings. The second-order valence-electron chi connectivity index (χ2n) is 6.95. The smallest absolute Gasteiger partial charge is 0.227 e. The van der Waals surface area contributed by atoms with Gasteiger partial charge in [0.1, 0.15) is 0 Å². The van der Waals surface area contributed by atoms with Crippen LogP contribution in [0, 0.1) is 5.92 Å². The van der Waals surface area contributed by atoms with Gasteiger partial charge in [0.25, 0.3) is 0 Å². The lowest BCUT2D eigenvalue weighted by atomic mass is 9.86. The summed E-state index contributed by atoms with van der Waals surface area (Å²) in [4.78, 5) is 16.8. The van der Waals surface area contributed by atoms with Crippen LogP contribution in [-0.2, 0) is 14.8 Å². The van der Waals surface area contributed by atoms with Gasteiger partial charge in [0.2, 0.25) is 15.9 Å². The molecule has 1 amide bonds. The van der Waals surface area contributed by atoms with Crippen molar-refractivity contribution in [3.8, 4) is 0 Å². The number of hydrogen-bond acceptors (Lipinski definition) is 5. The zero-order valence-corrected chi connectivity index (χ0v) is 16.7. The molecule has 0 spiro atoms. The number of amides is 1. The lowest BCUT2D eigenvalue weighted by Crippen LogP contribution is -2.42. The molecule has 0 bridgehead atoms. The summed E-state index contributed by atoms with van der Waals surface area (Å²) < 4.78 is 28.2. The molecule has 1 unspecified atom stereocenters. The van der Waals surface area contributed by atoms with Crippen LogP contribution in [0.2, 0.25) is 0 Å². The van der Waals surface area contributed by atoms with Gasteiger partial charge in [-0.05, 0) is 57.2 Å². The Morgan fingerprint density at radius 1 is 1.31 bits per heavy atom. The van der Waals surface area contributed by atoms with E-state index in [-0.39, 0.29) is 23.1 Å². The number of thiazole rings is 1. The third-order valence-electron chi connectivity index (χ3n) is 5.13. The Labute approximate surface area is 158 Å². The van der Waals surface area contributed by atoms with Crippen molar-refractivity contribution in [2.45, 2.75) is 57.2 Å². The maximum Gasteiger partial charge on any atom is 0.227 e. The van der Waals surface area contributed by atoms with Crippen LogP contribution in [0.1, 0.15) is 46.0 Å². The molecule has 1 heterocycles. The molecular weight excluding hydrogens is 370 g/mol. The number of nitrogens with one attached hydrogen (secondary N) is 2. The summed E-state index contributed by atoms with van der Waals surface area (Å²) in [6, 6.07) is 5.65. The lowest BCUT2D eigenvalue weighted by molar-refractivity contribution is -0.120.